The summed E-state index contributed by atoms with van der Waals surface area (Å²) in [4.78, 5) is 11.6. The van der Waals surface area contributed by atoms with Crippen LogP contribution in [0.3, 0.4) is 0 Å². The SMILES string of the molecule is CC(C)OCCCNC(=O)Nc1ccc(Cl)c(Cl)c1. The summed E-state index contributed by atoms with van der Waals surface area (Å²) in [7, 11) is 0. The minimum atomic E-state index is -0.275. The highest BCUT2D eigenvalue weighted by molar-refractivity contribution is 6.42. The Morgan fingerprint density at radius 1 is 1.32 bits per heavy atom. The molecule has 0 spiro atoms. The van der Waals surface area contributed by atoms with Crippen molar-refractivity contribution in [2.45, 2.75) is 26.4 Å². The quantitative estimate of drug-likeness (QED) is 0.782. The number of rotatable bonds is 6. The van der Waals surface area contributed by atoms with Crippen molar-refractivity contribution >= 4 is 34.9 Å². The summed E-state index contributed by atoms with van der Waals surface area (Å²) in [6.45, 7) is 5.14. The predicted molar refractivity (Wildman–Crippen MR) is 79.2 cm³/mol. The Labute approximate surface area is 123 Å². The Balaban J connectivity index is 2.25. The van der Waals surface area contributed by atoms with Crippen LogP contribution in [0.15, 0.2) is 18.2 Å². The summed E-state index contributed by atoms with van der Waals surface area (Å²) in [6, 6.07) is 4.65. The van der Waals surface area contributed by atoms with Crippen LogP contribution >= 0.6 is 23.2 Å². The lowest BCUT2D eigenvalue weighted by atomic mass is 10.3. The fourth-order valence-electron chi connectivity index (χ4n) is 1.34. The monoisotopic (exact) mass is 304 g/mol. The number of nitrogens with one attached hydrogen (secondary N) is 2. The van der Waals surface area contributed by atoms with Crippen molar-refractivity contribution in [2.24, 2.45) is 0 Å². The van der Waals surface area contributed by atoms with E-state index in [-0.39, 0.29) is 12.1 Å². The summed E-state index contributed by atoms with van der Waals surface area (Å²) in [5.41, 5.74) is 0.602. The molecule has 0 aromatic heterocycles. The van der Waals surface area contributed by atoms with Crippen LogP contribution in [0.25, 0.3) is 0 Å². The van der Waals surface area contributed by atoms with Crippen molar-refractivity contribution < 1.29 is 9.53 Å². The Hall–Kier alpha value is -0.970. The number of benzene rings is 1. The van der Waals surface area contributed by atoms with Crippen LogP contribution in [0, 0.1) is 0 Å². The molecule has 6 heteroatoms. The first-order valence-corrected chi connectivity index (χ1v) is 6.86. The van der Waals surface area contributed by atoms with Crippen LogP contribution in [0.1, 0.15) is 20.3 Å². The molecule has 19 heavy (non-hydrogen) atoms. The van der Waals surface area contributed by atoms with Gasteiger partial charge in [-0.15, -0.1) is 0 Å². The van der Waals surface area contributed by atoms with Gasteiger partial charge in [-0.2, -0.15) is 0 Å². The second-order valence-electron chi connectivity index (χ2n) is 4.28. The van der Waals surface area contributed by atoms with Gasteiger partial charge in [0.05, 0.1) is 16.1 Å². The summed E-state index contributed by atoms with van der Waals surface area (Å²) >= 11 is 11.6. The molecule has 0 saturated heterocycles. The Morgan fingerprint density at radius 2 is 2.05 bits per heavy atom. The molecule has 2 amide bonds. The number of carbonyl (C=O) groups excluding carboxylic acids is 1. The largest absolute Gasteiger partial charge is 0.379 e. The van der Waals surface area contributed by atoms with Gasteiger partial charge in [-0.05, 0) is 38.5 Å². The number of urea groups is 1. The van der Waals surface area contributed by atoms with Gasteiger partial charge in [-0.3, -0.25) is 0 Å². The molecule has 1 aromatic carbocycles. The number of amides is 2. The van der Waals surface area contributed by atoms with Gasteiger partial charge < -0.3 is 15.4 Å². The average Bonchev–Trinajstić information content (AvgIpc) is 2.33. The van der Waals surface area contributed by atoms with Crippen molar-refractivity contribution in [3.05, 3.63) is 28.2 Å². The van der Waals surface area contributed by atoms with Gasteiger partial charge in [-0.1, -0.05) is 23.2 Å². The molecule has 0 bridgehead atoms. The Bertz CT molecular complexity index is 425. The summed E-state index contributed by atoms with van der Waals surface area (Å²) in [5.74, 6) is 0. The summed E-state index contributed by atoms with van der Waals surface area (Å²) in [6.07, 6.45) is 0.984. The molecule has 1 aromatic rings. The second-order valence-corrected chi connectivity index (χ2v) is 5.10. The lowest BCUT2D eigenvalue weighted by Crippen LogP contribution is -2.30. The van der Waals surface area contributed by atoms with Gasteiger partial charge in [0, 0.05) is 18.8 Å². The van der Waals surface area contributed by atoms with E-state index in [1.807, 2.05) is 13.8 Å². The summed E-state index contributed by atoms with van der Waals surface area (Å²) in [5, 5.41) is 6.27. The highest BCUT2D eigenvalue weighted by Gasteiger charge is 2.03. The lowest BCUT2D eigenvalue weighted by Gasteiger charge is -2.09. The first-order chi connectivity index (χ1) is 8.99. The van der Waals surface area contributed by atoms with Crippen LogP contribution in [0.2, 0.25) is 10.0 Å². The molecule has 0 unspecified atom stereocenters. The Morgan fingerprint density at radius 3 is 2.68 bits per heavy atom. The van der Waals surface area contributed by atoms with E-state index in [1.165, 1.54) is 0 Å². The van der Waals surface area contributed by atoms with E-state index in [9.17, 15) is 4.79 Å². The van der Waals surface area contributed by atoms with Gasteiger partial charge in [0.1, 0.15) is 0 Å². The molecule has 106 valence electrons. The standard InChI is InChI=1S/C13H18Cl2N2O2/c1-9(2)19-7-3-6-16-13(18)17-10-4-5-11(14)12(15)8-10/h4-5,8-9H,3,6-7H2,1-2H3,(H2,16,17,18). The van der Waals surface area contributed by atoms with E-state index >= 15 is 0 Å². The molecule has 0 aliphatic heterocycles. The number of ether oxygens (including phenoxy) is 1. The van der Waals surface area contributed by atoms with E-state index in [1.54, 1.807) is 18.2 Å². The van der Waals surface area contributed by atoms with Gasteiger partial charge in [0.25, 0.3) is 0 Å². The van der Waals surface area contributed by atoms with Gasteiger partial charge in [0.15, 0.2) is 0 Å². The fraction of sp³-hybridized carbons (Fsp3) is 0.462. The van der Waals surface area contributed by atoms with Crippen LogP contribution in [0.4, 0.5) is 10.5 Å². The molecule has 0 fully saturated rings. The van der Waals surface area contributed by atoms with Crippen LogP contribution < -0.4 is 10.6 Å². The van der Waals surface area contributed by atoms with Crippen molar-refractivity contribution in [1.82, 2.24) is 5.32 Å². The van der Waals surface area contributed by atoms with Crippen LogP contribution in [0.5, 0.6) is 0 Å². The topological polar surface area (TPSA) is 50.4 Å². The molecule has 2 N–H and O–H groups in total. The molecule has 0 aliphatic carbocycles. The average molecular weight is 305 g/mol. The lowest BCUT2D eigenvalue weighted by molar-refractivity contribution is 0.0775. The molecule has 0 atom stereocenters. The van der Waals surface area contributed by atoms with E-state index in [4.69, 9.17) is 27.9 Å². The van der Waals surface area contributed by atoms with Crippen molar-refractivity contribution in [2.75, 3.05) is 18.5 Å². The van der Waals surface area contributed by atoms with Gasteiger partial charge in [-0.25, -0.2) is 4.79 Å². The molecule has 1 rings (SSSR count). The normalized spacial score (nSPS) is 10.6. The first kappa shape index (κ1) is 16.1. The number of hydrogen-bond donors (Lipinski definition) is 2. The molecule has 0 radical (unpaired) electrons. The van der Waals surface area contributed by atoms with Gasteiger partial charge in [0.2, 0.25) is 0 Å². The van der Waals surface area contributed by atoms with Crippen LogP contribution in [-0.4, -0.2) is 25.3 Å². The minimum Gasteiger partial charge on any atom is -0.379 e. The number of anilines is 1. The zero-order valence-electron chi connectivity index (χ0n) is 11.0. The first-order valence-electron chi connectivity index (χ1n) is 6.10. The molecular formula is C13H18Cl2N2O2. The predicted octanol–water partition coefficient (Wildman–Crippen LogP) is 3.93. The zero-order valence-corrected chi connectivity index (χ0v) is 12.5. The highest BCUT2D eigenvalue weighted by atomic mass is 35.5. The zero-order chi connectivity index (χ0) is 14.3. The van der Waals surface area contributed by atoms with E-state index < -0.39 is 0 Å². The maximum absolute atomic E-state index is 11.6. The third-order valence-electron chi connectivity index (χ3n) is 2.24. The molecule has 0 saturated carbocycles. The maximum atomic E-state index is 11.6. The Kier molecular flexibility index (Phi) is 6.99. The molecule has 0 aliphatic rings. The molecule has 4 nitrogen and oxygen atoms in total. The van der Waals surface area contributed by atoms with Crippen molar-refractivity contribution in [3.8, 4) is 0 Å². The molecule has 0 heterocycles. The summed E-state index contributed by atoms with van der Waals surface area (Å²) < 4.78 is 5.37. The highest BCUT2D eigenvalue weighted by Crippen LogP contribution is 2.24. The van der Waals surface area contributed by atoms with Gasteiger partial charge >= 0.3 is 6.03 Å². The van der Waals surface area contributed by atoms with Crippen molar-refractivity contribution in [1.29, 1.82) is 0 Å². The number of carbonyl (C=O) groups is 1. The third kappa shape index (κ3) is 6.66. The van der Waals surface area contributed by atoms with E-state index in [2.05, 4.69) is 10.6 Å². The maximum Gasteiger partial charge on any atom is 0.319 e. The van der Waals surface area contributed by atoms with Crippen LogP contribution in [-0.2, 0) is 4.74 Å². The minimum absolute atomic E-state index is 0.213. The van der Waals surface area contributed by atoms with E-state index in [0.29, 0.717) is 28.9 Å². The number of halogens is 2. The second kappa shape index (κ2) is 8.25. The number of hydrogen-bond acceptors (Lipinski definition) is 2. The third-order valence-corrected chi connectivity index (χ3v) is 2.97. The van der Waals surface area contributed by atoms with Crippen molar-refractivity contribution in [3.63, 3.8) is 0 Å². The smallest absolute Gasteiger partial charge is 0.319 e. The fourth-order valence-corrected chi connectivity index (χ4v) is 1.64. The molecular weight excluding hydrogens is 287 g/mol. The van der Waals surface area contributed by atoms with E-state index in [0.717, 1.165) is 6.42 Å².